The lowest BCUT2D eigenvalue weighted by Crippen LogP contribution is -2.45. The minimum atomic E-state index is -0.227. The molecule has 0 radical (unpaired) electrons. The van der Waals surface area contributed by atoms with Crippen LogP contribution in [0.4, 0.5) is 0 Å². The molecule has 5 heteroatoms. The standard InChI is InChI=1S/C12H23N3OS/c1-7(2)10-6-17-12(15-10)14-9(5)11(16)13-8(3)4/h7-10H,6H2,1-5H3,(H,13,16)(H,14,15). The molecule has 2 N–H and O–H groups in total. The topological polar surface area (TPSA) is 53.5 Å². The Kier molecular flexibility index (Phi) is 5.31. The van der Waals surface area contributed by atoms with E-state index in [2.05, 4.69) is 29.5 Å². The van der Waals surface area contributed by atoms with Crippen molar-refractivity contribution in [1.82, 2.24) is 10.6 Å². The summed E-state index contributed by atoms with van der Waals surface area (Å²) < 4.78 is 0. The van der Waals surface area contributed by atoms with Crippen molar-refractivity contribution in [3.05, 3.63) is 0 Å². The molecular formula is C12H23N3OS. The van der Waals surface area contributed by atoms with Crippen molar-refractivity contribution in [3.8, 4) is 0 Å². The molecule has 1 amide bonds. The van der Waals surface area contributed by atoms with Crippen molar-refractivity contribution < 1.29 is 4.79 Å². The van der Waals surface area contributed by atoms with Gasteiger partial charge in [-0.1, -0.05) is 25.6 Å². The third kappa shape index (κ3) is 4.58. The highest BCUT2D eigenvalue weighted by atomic mass is 32.2. The number of hydrogen-bond acceptors (Lipinski definition) is 4. The van der Waals surface area contributed by atoms with Gasteiger partial charge in [-0.15, -0.1) is 0 Å². The number of rotatable bonds is 4. The lowest BCUT2D eigenvalue weighted by Gasteiger charge is -2.16. The molecule has 98 valence electrons. The van der Waals surface area contributed by atoms with Crippen LogP contribution in [0.1, 0.15) is 34.6 Å². The molecule has 2 atom stereocenters. The van der Waals surface area contributed by atoms with Crippen LogP contribution in [0.25, 0.3) is 0 Å². The second-order valence-corrected chi connectivity index (χ2v) is 6.09. The third-order valence-corrected chi connectivity index (χ3v) is 3.61. The maximum atomic E-state index is 11.7. The van der Waals surface area contributed by atoms with E-state index in [1.165, 1.54) is 0 Å². The molecule has 1 aliphatic rings. The lowest BCUT2D eigenvalue weighted by molar-refractivity contribution is -0.122. The zero-order chi connectivity index (χ0) is 13.0. The van der Waals surface area contributed by atoms with Crippen LogP contribution in [0.3, 0.4) is 0 Å². The maximum absolute atomic E-state index is 11.7. The van der Waals surface area contributed by atoms with Crippen molar-refractivity contribution in [2.45, 2.75) is 52.7 Å². The van der Waals surface area contributed by atoms with E-state index in [1.54, 1.807) is 11.8 Å². The van der Waals surface area contributed by atoms with Gasteiger partial charge in [0.2, 0.25) is 5.91 Å². The molecule has 0 saturated carbocycles. The molecule has 0 spiro atoms. The van der Waals surface area contributed by atoms with E-state index < -0.39 is 0 Å². The van der Waals surface area contributed by atoms with Gasteiger partial charge in [0.1, 0.15) is 6.04 Å². The summed E-state index contributed by atoms with van der Waals surface area (Å²) in [5, 5.41) is 6.95. The molecule has 1 heterocycles. The number of nitrogens with zero attached hydrogens (tertiary/aromatic N) is 1. The van der Waals surface area contributed by atoms with Crippen molar-refractivity contribution >= 4 is 22.8 Å². The minimum Gasteiger partial charge on any atom is -0.353 e. The summed E-state index contributed by atoms with van der Waals surface area (Å²) in [5.41, 5.74) is 0. The molecular weight excluding hydrogens is 234 g/mol. The Balaban J connectivity index is 2.44. The molecule has 0 aromatic heterocycles. The van der Waals surface area contributed by atoms with Gasteiger partial charge in [-0.05, 0) is 26.7 Å². The quantitative estimate of drug-likeness (QED) is 0.804. The highest BCUT2D eigenvalue weighted by Crippen LogP contribution is 2.22. The first-order chi connectivity index (χ1) is 7.90. The van der Waals surface area contributed by atoms with Crippen molar-refractivity contribution in [2.75, 3.05) is 5.75 Å². The van der Waals surface area contributed by atoms with E-state index >= 15 is 0 Å². The fraction of sp³-hybridized carbons (Fsp3) is 0.833. The molecule has 0 fully saturated rings. The summed E-state index contributed by atoms with van der Waals surface area (Å²) in [6.07, 6.45) is 0. The fourth-order valence-electron chi connectivity index (χ4n) is 1.47. The Morgan fingerprint density at radius 2 is 2.00 bits per heavy atom. The molecule has 4 nitrogen and oxygen atoms in total. The number of thioether (sulfide) groups is 1. The Morgan fingerprint density at radius 1 is 1.35 bits per heavy atom. The van der Waals surface area contributed by atoms with Gasteiger partial charge < -0.3 is 10.6 Å². The number of carbonyl (C=O) groups is 1. The zero-order valence-electron chi connectivity index (χ0n) is 11.3. The first-order valence-electron chi connectivity index (χ1n) is 6.17. The van der Waals surface area contributed by atoms with Crippen LogP contribution >= 0.6 is 11.8 Å². The molecule has 1 rings (SSSR count). The average Bonchev–Trinajstić information content (AvgIpc) is 2.65. The highest BCUT2D eigenvalue weighted by Gasteiger charge is 2.23. The van der Waals surface area contributed by atoms with Crippen molar-refractivity contribution in [3.63, 3.8) is 0 Å². The average molecular weight is 257 g/mol. The summed E-state index contributed by atoms with van der Waals surface area (Å²) in [5.74, 6) is 1.59. The first-order valence-corrected chi connectivity index (χ1v) is 7.16. The number of amidine groups is 1. The van der Waals surface area contributed by atoms with Gasteiger partial charge in [0, 0.05) is 11.8 Å². The maximum Gasteiger partial charge on any atom is 0.242 e. The summed E-state index contributed by atoms with van der Waals surface area (Å²) in [7, 11) is 0. The minimum absolute atomic E-state index is 0.0243. The fourth-order valence-corrected chi connectivity index (χ4v) is 2.73. The van der Waals surface area contributed by atoms with E-state index in [-0.39, 0.29) is 18.0 Å². The monoisotopic (exact) mass is 257 g/mol. The number of amides is 1. The number of nitrogens with one attached hydrogen (secondary N) is 2. The molecule has 17 heavy (non-hydrogen) atoms. The molecule has 0 bridgehead atoms. The second-order valence-electron chi connectivity index (χ2n) is 5.09. The Morgan fingerprint density at radius 3 is 2.47 bits per heavy atom. The lowest BCUT2D eigenvalue weighted by atomic mass is 10.1. The first kappa shape index (κ1) is 14.4. The van der Waals surface area contributed by atoms with E-state index in [4.69, 9.17) is 0 Å². The largest absolute Gasteiger partial charge is 0.353 e. The SMILES string of the molecule is CC(C)NC(=O)C(C)NC1=NC(C(C)C)CS1. The van der Waals surface area contributed by atoms with Gasteiger partial charge in [0.05, 0.1) is 6.04 Å². The van der Waals surface area contributed by atoms with E-state index in [0.29, 0.717) is 12.0 Å². The predicted molar refractivity (Wildman–Crippen MR) is 74.4 cm³/mol. The van der Waals surface area contributed by atoms with Crippen molar-refractivity contribution in [1.29, 1.82) is 0 Å². The van der Waals surface area contributed by atoms with E-state index in [9.17, 15) is 4.79 Å². The molecule has 0 saturated heterocycles. The summed E-state index contributed by atoms with van der Waals surface area (Å²) in [6, 6.07) is 0.325. The highest BCUT2D eigenvalue weighted by molar-refractivity contribution is 8.14. The predicted octanol–water partition coefficient (Wildman–Crippen LogP) is 1.62. The van der Waals surface area contributed by atoms with Crippen molar-refractivity contribution in [2.24, 2.45) is 10.9 Å². The third-order valence-electron chi connectivity index (χ3n) is 2.61. The number of carbonyl (C=O) groups excluding carboxylic acids is 1. The van der Waals surface area contributed by atoms with Crippen LogP contribution in [-0.4, -0.2) is 35.0 Å². The van der Waals surface area contributed by atoms with Crippen LogP contribution in [-0.2, 0) is 4.79 Å². The van der Waals surface area contributed by atoms with Crippen LogP contribution < -0.4 is 10.6 Å². The normalized spacial score (nSPS) is 21.6. The van der Waals surface area contributed by atoms with Crippen LogP contribution in [0.15, 0.2) is 4.99 Å². The Labute approximate surface area is 108 Å². The van der Waals surface area contributed by atoms with Crippen LogP contribution in [0.2, 0.25) is 0 Å². The molecule has 0 aliphatic carbocycles. The van der Waals surface area contributed by atoms with E-state index in [0.717, 1.165) is 10.9 Å². The van der Waals surface area contributed by atoms with Gasteiger partial charge in [0.15, 0.2) is 5.17 Å². The second kappa shape index (κ2) is 6.28. The number of aliphatic imine (C=N–C) groups is 1. The summed E-state index contributed by atoms with van der Waals surface area (Å²) in [6.45, 7) is 10.1. The smallest absolute Gasteiger partial charge is 0.242 e. The molecule has 1 aliphatic heterocycles. The van der Waals surface area contributed by atoms with Gasteiger partial charge in [0.25, 0.3) is 0 Å². The summed E-state index contributed by atoms with van der Waals surface area (Å²) in [4.78, 5) is 16.3. The van der Waals surface area contributed by atoms with Gasteiger partial charge in [-0.2, -0.15) is 0 Å². The van der Waals surface area contributed by atoms with Gasteiger partial charge in [-0.3, -0.25) is 9.79 Å². The Bertz CT molecular complexity index is 302. The molecule has 0 aromatic carbocycles. The zero-order valence-corrected chi connectivity index (χ0v) is 12.1. The molecule has 2 unspecified atom stereocenters. The number of hydrogen-bond donors (Lipinski definition) is 2. The van der Waals surface area contributed by atoms with Gasteiger partial charge >= 0.3 is 0 Å². The summed E-state index contributed by atoms with van der Waals surface area (Å²) >= 11 is 1.70. The van der Waals surface area contributed by atoms with Gasteiger partial charge in [-0.25, -0.2) is 0 Å². The molecule has 0 aromatic rings. The van der Waals surface area contributed by atoms with Crippen LogP contribution in [0, 0.1) is 5.92 Å². The van der Waals surface area contributed by atoms with Crippen LogP contribution in [0.5, 0.6) is 0 Å². The Hall–Kier alpha value is -0.710. The van der Waals surface area contributed by atoms with E-state index in [1.807, 2.05) is 20.8 Å².